The van der Waals surface area contributed by atoms with Crippen molar-refractivity contribution in [1.29, 1.82) is 0 Å². The van der Waals surface area contributed by atoms with Crippen LogP contribution in [0.2, 0.25) is 0 Å². The first kappa shape index (κ1) is 19.0. The lowest BCUT2D eigenvalue weighted by atomic mass is 9.81. The van der Waals surface area contributed by atoms with E-state index in [9.17, 15) is 14.4 Å². The molecule has 3 aliphatic rings. The third-order valence-corrected chi connectivity index (χ3v) is 6.62. The van der Waals surface area contributed by atoms with Crippen molar-refractivity contribution in [3.8, 4) is 0 Å². The van der Waals surface area contributed by atoms with Crippen molar-refractivity contribution in [3.63, 3.8) is 0 Å². The van der Waals surface area contributed by atoms with E-state index in [2.05, 4.69) is 34.9 Å². The van der Waals surface area contributed by atoms with Gasteiger partial charge in [-0.05, 0) is 50.0 Å². The summed E-state index contributed by atoms with van der Waals surface area (Å²) in [5.74, 6) is 0.0890. The minimum Gasteiger partial charge on any atom is -0.352 e. The Morgan fingerprint density at radius 1 is 1.04 bits per heavy atom. The van der Waals surface area contributed by atoms with Crippen molar-refractivity contribution in [2.45, 2.75) is 75.3 Å². The van der Waals surface area contributed by atoms with E-state index in [-0.39, 0.29) is 24.4 Å². The molecule has 1 aromatic carbocycles. The molecule has 1 heterocycles. The normalized spacial score (nSPS) is 26.9. The van der Waals surface area contributed by atoms with Crippen molar-refractivity contribution in [2.24, 2.45) is 0 Å². The van der Waals surface area contributed by atoms with Crippen LogP contribution in [0.4, 0.5) is 4.79 Å². The summed E-state index contributed by atoms with van der Waals surface area (Å²) < 4.78 is 0. The van der Waals surface area contributed by atoms with Crippen LogP contribution in [0, 0.1) is 0 Å². The van der Waals surface area contributed by atoms with Crippen LogP contribution in [0.3, 0.4) is 0 Å². The molecule has 4 rings (SSSR count). The van der Waals surface area contributed by atoms with Gasteiger partial charge >= 0.3 is 6.03 Å². The van der Waals surface area contributed by atoms with Crippen molar-refractivity contribution >= 4 is 17.8 Å². The van der Waals surface area contributed by atoms with Gasteiger partial charge in [0.05, 0.1) is 0 Å². The van der Waals surface area contributed by atoms with Gasteiger partial charge < -0.3 is 10.6 Å². The summed E-state index contributed by atoms with van der Waals surface area (Å²) >= 11 is 0. The molecule has 1 aromatic rings. The minimum absolute atomic E-state index is 0.122. The molecule has 28 heavy (non-hydrogen) atoms. The highest BCUT2D eigenvalue weighted by atomic mass is 16.2. The topological polar surface area (TPSA) is 78.5 Å². The van der Waals surface area contributed by atoms with E-state index >= 15 is 0 Å². The fourth-order valence-corrected chi connectivity index (χ4v) is 5.03. The number of benzene rings is 1. The number of nitrogens with zero attached hydrogens (tertiary/aromatic N) is 1. The second kappa shape index (κ2) is 7.94. The van der Waals surface area contributed by atoms with Crippen molar-refractivity contribution in [1.82, 2.24) is 15.5 Å². The fourth-order valence-electron chi connectivity index (χ4n) is 5.03. The number of carbonyl (C=O) groups is 3. The molecule has 3 fully saturated rings. The Morgan fingerprint density at radius 3 is 2.39 bits per heavy atom. The molecule has 2 N–H and O–H groups in total. The average Bonchev–Trinajstić information content (AvgIpc) is 2.93. The van der Waals surface area contributed by atoms with Gasteiger partial charge in [0.25, 0.3) is 5.91 Å². The largest absolute Gasteiger partial charge is 0.352 e. The Bertz CT molecular complexity index is 735. The molecule has 2 aliphatic carbocycles. The van der Waals surface area contributed by atoms with Gasteiger partial charge in [0, 0.05) is 6.04 Å². The van der Waals surface area contributed by atoms with Gasteiger partial charge in [-0.3, -0.25) is 14.5 Å². The van der Waals surface area contributed by atoms with Crippen LogP contribution in [0.5, 0.6) is 0 Å². The zero-order valence-electron chi connectivity index (χ0n) is 16.3. The Hall–Kier alpha value is -2.37. The van der Waals surface area contributed by atoms with Gasteiger partial charge in [-0.1, -0.05) is 49.6 Å². The molecule has 0 aromatic heterocycles. The van der Waals surface area contributed by atoms with E-state index in [1.54, 1.807) is 0 Å². The molecule has 4 amide bonds. The Kier molecular flexibility index (Phi) is 5.38. The number of hydrogen-bond acceptors (Lipinski definition) is 3. The Labute approximate surface area is 166 Å². The fraction of sp³-hybridized carbons (Fsp3) is 0.591. The van der Waals surface area contributed by atoms with E-state index in [0.29, 0.717) is 18.8 Å². The van der Waals surface area contributed by atoms with E-state index in [1.165, 1.54) is 5.56 Å². The first-order valence-corrected chi connectivity index (χ1v) is 10.6. The van der Waals surface area contributed by atoms with Gasteiger partial charge in [-0.2, -0.15) is 0 Å². The maximum absolute atomic E-state index is 12.8. The molecule has 0 atom stereocenters. The molecule has 1 aliphatic heterocycles. The highest BCUT2D eigenvalue weighted by molar-refractivity contribution is 6.09. The molecule has 1 saturated heterocycles. The third-order valence-electron chi connectivity index (χ3n) is 6.62. The highest BCUT2D eigenvalue weighted by Crippen LogP contribution is 2.34. The van der Waals surface area contributed by atoms with E-state index < -0.39 is 11.6 Å². The molecule has 6 nitrogen and oxygen atoms in total. The summed E-state index contributed by atoms with van der Waals surface area (Å²) in [6, 6.07) is 10.2. The molecule has 0 bridgehead atoms. The lowest BCUT2D eigenvalue weighted by molar-refractivity contribution is -0.136. The van der Waals surface area contributed by atoms with Crippen molar-refractivity contribution in [2.75, 3.05) is 6.54 Å². The molecule has 150 valence electrons. The second-order valence-corrected chi connectivity index (χ2v) is 8.49. The quantitative estimate of drug-likeness (QED) is 0.785. The van der Waals surface area contributed by atoms with Gasteiger partial charge in [-0.25, -0.2) is 4.79 Å². The number of imide groups is 1. The van der Waals surface area contributed by atoms with Gasteiger partial charge in [0.2, 0.25) is 5.91 Å². The molecular formula is C22H29N3O3. The van der Waals surface area contributed by atoms with Crippen molar-refractivity contribution < 1.29 is 14.4 Å². The number of carbonyl (C=O) groups excluding carboxylic acids is 3. The van der Waals surface area contributed by atoms with Crippen LogP contribution in [0.1, 0.15) is 69.3 Å². The van der Waals surface area contributed by atoms with Crippen LogP contribution >= 0.6 is 0 Å². The third kappa shape index (κ3) is 3.77. The minimum atomic E-state index is -0.761. The first-order chi connectivity index (χ1) is 13.6. The van der Waals surface area contributed by atoms with Crippen LogP contribution in [-0.4, -0.2) is 40.9 Å². The molecular weight excluding hydrogens is 354 g/mol. The summed E-state index contributed by atoms with van der Waals surface area (Å²) in [5, 5.41) is 5.90. The molecule has 0 unspecified atom stereocenters. The maximum Gasteiger partial charge on any atom is 0.325 e. The summed E-state index contributed by atoms with van der Waals surface area (Å²) in [5.41, 5.74) is 0.605. The standard InChI is InChI=1S/C22H29N3O3/c26-19(15-25-20(27)22(24-21(25)28)13-5-2-6-14-22)23-18-11-9-17(10-12-18)16-7-3-1-4-8-16/h1,3-4,7-8,17-18H,2,5-6,9-15H2,(H,23,26)(H,24,28). The summed E-state index contributed by atoms with van der Waals surface area (Å²) in [7, 11) is 0. The van der Waals surface area contributed by atoms with Crippen LogP contribution in [0.25, 0.3) is 0 Å². The van der Waals surface area contributed by atoms with Gasteiger partial charge in [-0.15, -0.1) is 0 Å². The summed E-state index contributed by atoms with van der Waals surface area (Å²) in [6.45, 7) is -0.176. The van der Waals surface area contributed by atoms with E-state index in [1.807, 2.05) is 6.07 Å². The molecule has 6 heteroatoms. The average molecular weight is 383 g/mol. The van der Waals surface area contributed by atoms with Crippen LogP contribution < -0.4 is 10.6 Å². The second-order valence-electron chi connectivity index (χ2n) is 8.49. The molecule has 0 radical (unpaired) electrons. The predicted octanol–water partition coefficient (Wildman–Crippen LogP) is 3.08. The summed E-state index contributed by atoms with van der Waals surface area (Å²) in [4.78, 5) is 38.7. The number of urea groups is 1. The number of hydrogen-bond donors (Lipinski definition) is 2. The van der Waals surface area contributed by atoms with E-state index in [0.717, 1.165) is 49.8 Å². The Morgan fingerprint density at radius 2 is 1.71 bits per heavy atom. The van der Waals surface area contributed by atoms with Gasteiger partial charge in [0.15, 0.2) is 0 Å². The predicted molar refractivity (Wildman–Crippen MR) is 106 cm³/mol. The zero-order chi connectivity index (χ0) is 19.6. The lowest BCUT2D eigenvalue weighted by Gasteiger charge is -2.31. The highest BCUT2D eigenvalue weighted by Gasteiger charge is 2.51. The SMILES string of the molecule is O=C(CN1C(=O)NC2(CCCCC2)C1=O)NC1CCC(c2ccccc2)CC1. The molecule has 2 saturated carbocycles. The van der Waals surface area contributed by atoms with Gasteiger partial charge in [0.1, 0.15) is 12.1 Å². The van der Waals surface area contributed by atoms with Crippen LogP contribution in [-0.2, 0) is 9.59 Å². The zero-order valence-corrected chi connectivity index (χ0v) is 16.3. The first-order valence-electron chi connectivity index (χ1n) is 10.6. The monoisotopic (exact) mass is 383 g/mol. The van der Waals surface area contributed by atoms with Crippen LogP contribution in [0.15, 0.2) is 30.3 Å². The smallest absolute Gasteiger partial charge is 0.325 e. The maximum atomic E-state index is 12.8. The van der Waals surface area contributed by atoms with E-state index in [4.69, 9.17) is 0 Å². The van der Waals surface area contributed by atoms with Crippen molar-refractivity contribution in [3.05, 3.63) is 35.9 Å². The summed E-state index contributed by atoms with van der Waals surface area (Å²) in [6.07, 6.45) is 8.27. The number of amides is 4. The Balaban J connectivity index is 1.28. The molecule has 1 spiro atoms. The number of nitrogens with one attached hydrogen (secondary N) is 2. The number of rotatable bonds is 4. The lowest BCUT2D eigenvalue weighted by Crippen LogP contribution is -2.49.